The Morgan fingerprint density at radius 3 is 2.35 bits per heavy atom. The van der Waals surface area contributed by atoms with Crippen molar-refractivity contribution in [2.75, 3.05) is 13.2 Å². The van der Waals surface area contributed by atoms with E-state index in [1.807, 2.05) is 18.2 Å². The normalized spacial score (nSPS) is 12.1. The molecule has 0 aliphatic rings. The van der Waals surface area contributed by atoms with Crippen molar-refractivity contribution in [2.45, 2.75) is 26.3 Å². The quantitative estimate of drug-likeness (QED) is 0.816. The highest BCUT2D eigenvalue weighted by Gasteiger charge is 2.09. The van der Waals surface area contributed by atoms with Gasteiger partial charge in [0.1, 0.15) is 12.4 Å². The van der Waals surface area contributed by atoms with Crippen molar-refractivity contribution in [1.82, 2.24) is 5.32 Å². The fraction of sp³-hybridized carbons (Fsp3) is 0.333. The highest BCUT2D eigenvalue weighted by atomic mass is 16.5. The summed E-state index contributed by atoms with van der Waals surface area (Å²) in [5, 5.41) is 3.44. The monoisotopic (exact) mass is 269 g/mol. The van der Waals surface area contributed by atoms with E-state index in [0.29, 0.717) is 12.6 Å². The molecule has 2 aromatic rings. The Kier molecular flexibility index (Phi) is 5.63. The first-order chi connectivity index (χ1) is 9.85. The van der Waals surface area contributed by atoms with E-state index in [-0.39, 0.29) is 0 Å². The van der Waals surface area contributed by atoms with Gasteiger partial charge in [0.2, 0.25) is 0 Å². The summed E-state index contributed by atoms with van der Waals surface area (Å²) in [7, 11) is 0. The minimum absolute atomic E-state index is 0.406. The molecular weight excluding hydrogens is 246 g/mol. The molecule has 0 saturated carbocycles. The molecule has 2 aromatic carbocycles. The van der Waals surface area contributed by atoms with E-state index in [1.165, 1.54) is 5.56 Å². The molecular formula is C18H23NO. The fourth-order valence-corrected chi connectivity index (χ4v) is 2.25. The lowest BCUT2D eigenvalue weighted by Gasteiger charge is -2.18. The molecule has 0 aliphatic carbocycles. The zero-order chi connectivity index (χ0) is 14.2. The summed E-state index contributed by atoms with van der Waals surface area (Å²) in [6.45, 7) is 5.98. The third-order valence-electron chi connectivity index (χ3n) is 3.40. The van der Waals surface area contributed by atoms with Crippen molar-refractivity contribution in [3.8, 4) is 16.9 Å². The zero-order valence-electron chi connectivity index (χ0n) is 12.3. The van der Waals surface area contributed by atoms with Crippen LogP contribution in [0.15, 0.2) is 54.6 Å². The summed E-state index contributed by atoms with van der Waals surface area (Å²) in [6.07, 6.45) is 1.07. The summed E-state index contributed by atoms with van der Waals surface area (Å²) in [5.74, 6) is 0.954. The molecule has 0 aromatic heterocycles. The van der Waals surface area contributed by atoms with Gasteiger partial charge in [-0.3, -0.25) is 0 Å². The van der Waals surface area contributed by atoms with Gasteiger partial charge in [-0.05, 0) is 24.6 Å². The van der Waals surface area contributed by atoms with Crippen LogP contribution in [0.3, 0.4) is 0 Å². The number of likely N-dealkylation sites (N-methyl/N-ethyl adjacent to an activating group) is 1. The predicted octanol–water partition coefficient (Wildman–Crippen LogP) is 4.12. The molecule has 0 saturated heterocycles. The second-order valence-corrected chi connectivity index (χ2v) is 4.84. The summed E-state index contributed by atoms with van der Waals surface area (Å²) in [4.78, 5) is 0. The number of ether oxygens (including phenoxy) is 1. The number of benzene rings is 2. The molecule has 0 spiro atoms. The minimum Gasteiger partial charge on any atom is -0.491 e. The van der Waals surface area contributed by atoms with Crippen molar-refractivity contribution in [3.05, 3.63) is 54.6 Å². The number of hydrogen-bond donors (Lipinski definition) is 1. The Balaban J connectivity index is 2.12. The Hall–Kier alpha value is -1.80. The van der Waals surface area contributed by atoms with Crippen LogP contribution in [0, 0.1) is 0 Å². The predicted molar refractivity (Wildman–Crippen MR) is 85.1 cm³/mol. The van der Waals surface area contributed by atoms with Crippen LogP contribution in [0.2, 0.25) is 0 Å². The van der Waals surface area contributed by atoms with Crippen LogP contribution in [0.1, 0.15) is 20.3 Å². The first-order valence-corrected chi connectivity index (χ1v) is 7.35. The van der Waals surface area contributed by atoms with E-state index >= 15 is 0 Å². The van der Waals surface area contributed by atoms with E-state index in [9.17, 15) is 0 Å². The molecule has 20 heavy (non-hydrogen) atoms. The maximum atomic E-state index is 6.03. The molecule has 1 unspecified atom stereocenters. The first kappa shape index (κ1) is 14.6. The molecule has 1 atom stereocenters. The van der Waals surface area contributed by atoms with Gasteiger partial charge in [-0.2, -0.15) is 0 Å². The van der Waals surface area contributed by atoms with Gasteiger partial charge in [-0.1, -0.05) is 62.4 Å². The van der Waals surface area contributed by atoms with Gasteiger partial charge in [0.25, 0.3) is 0 Å². The van der Waals surface area contributed by atoms with Crippen LogP contribution in [-0.4, -0.2) is 19.2 Å². The van der Waals surface area contributed by atoms with Crippen molar-refractivity contribution in [1.29, 1.82) is 0 Å². The summed E-state index contributed by atoms with van der Waals surface area (Å²) in [5.41, 5.74) is 2.35. The smallest absolute Gasteiger partial charge is 0.127 e. The third kappa shape index (κ3) is 3.84. The number of nitrogens with one attached hydrogen (secondary N) is 1. The second kappa shape index (κ2) is 7.71. The summed E-state index contributed by atoms with van der Waals surface area (Å²) >= 11 is 0. The number of rotatable bonds is 7. The first-order valence-electron chi connectivity index (χ1n) is 7.35. The van der Waals surface area contributed by atoms with E-state index < -0.39 is 0 Å². The van der Waals surface area contributed by atoms with Gasteiger partial charge in [0.05, 0.1) is 0 Å². The van der Waals surface area contributed by atoms with Crippen molar-refractivity contribution >= 4 is 0 Å². The van der Waals surface area contributed by atoms with Crippen molar-refractivity contribution in [2.24, 2.45) is 0 Å². The molecule has 2 rings (SSSR count). The molecule has 0 bridgehead atoms. The number of hydrogen-bond acceptors (Lipinski definition) is 2. The van der Waals surface area contributed by atoms with Gasteiger partial charge < -0.3 is 10.1 Å². The molecule has 0 fully saturated rings. The topological polar surface area (TPSA) is 21.3 Å². The summed E-state index contributed by atoms with van der Waals surface area (Å²) in [6, 6.07) is 19.0. The SMILES string of the molecule is CCNC(CC)COc1ccccc1-c1ccccc1. The Morgan fingerprint density at radius 2 is 1.65 bits per heavy atom. The Labute approximate surface area is 121 Å². The zero-order valence-corrected chi connectivity index (χ0v) is 12.3. The van der Waals surface area contributed by atoms with Crippen LogP contribution in [0.4, 0.5) is 0 Å². The fourth-order valence-electron chi connectivity index (χ4n) is 2.25. The standard InChI is InChI=1S/C18H23NO/c1-3-16(19-4-2)14-20-18-13-9-8-12-17(18)15-10-6-5-7-11-15/h5-13,16,19H,3-4,14H2,1-2H3. The molecule has 0 amide bonds. The molecule has 0 heterocycles. The van der Waals surface area contributed by atoms with Crippen LogP contribution < -0.4 is 10.1 Å². The van der Waals surface area contributed by atoms with Crippen LogP contribution >= 0.6 is 0 Å². The van der Waals surface area contributed by atoms with Gasteiger partial charge >= 0.3 is 0 Å². The largest absolute Gasteiger partial charge is 0.491 e. The van der Waals surface area contributed by atoms with Crippen LogP contribution in [0.25, 0.3) is 11.1 Å². The van der Waals surface area contributed by atoms with Crippen molar-refractivity contribution < 1.29 is 4.74 Å². The highest BCUT2D eigenvalue weighted by Crippen LogP contribution is 2.29. The van der Waals surface area contributed by atoms with Gasteiger partial charge in [0, 0.05) is 11.6 Å². The maximum absolute atomic E-state index is 6.03. The van der Waals surface area contributed by atoms with Gasteiger partial charge in [0.15, 0.2) is 0 Å². The molecule has 2 nitrogen and oxygen atoms in total. The maximum Gasteiger partial charge on any atom is 0.127 e. The Morgan fingerprint density at radius 1 is 0.950 bits per heavy atom. The average molecular weight is 269 g/mol. The van der Waals surface area contributed by atoms with Crippen LogP contribution in [0.5, 0.6) is 5.75 Å². The van der Waals surface area contributed by atoms with E-state index in [1.54, 1.807) is 0 Å². The Bertz CT molecular complexity index is 510. The highest BCUT2D eigenvalue weighted by molar-refractivity contribution is 5.70. The molecule has 0 radical (unpaired) electrons. The lowest BCUT2D eigenvalue weighted by atomic mass is 10.0. The van der Waals surface area contributed by atoms with Crippen LogP contribution in [-0.2, 0) is 0 Å². The molecule has 0 aliphatic heterocycles. The van der Waals surface area contributed by atoms with Gasteiger partial charge in [-0.15, -0.1) is 0 Å². The average Bonchev–Trinajstić information content (AvgIpc) is 2.52. The van der Waals surface area contributed by atoms with Crippen molar-refractivity contribution in [3.63, 3.8) is 0 Å². The molecule has 106 valence electrons. The minimum atomic E-state index is 0.406. The second-order valence-electron chi connectivity index (χ2n) is 4.84. The third-order valence-corrected chi connectivity index (χ3v) is 3.40. The number of para-hydroxylation sites is 1. The lowest BCUT2D eigenvalue weighted by molar-refractivity contribution is 0.263. The molecule has 1 N–H and O–H groups in total. The van der Waals surface area contributed by atoms with E-state index in [2.05, 4.69) is 55.6 Å². The summed E-state index contributed by atoms with van der Waals surface area (Å²) < 4.78 is 6.03. The van der Waals surface area contributed by atoms with Gasteiger partial charge in [-0.25, -0.2) is 0 Å². The van der Waals surface area contributed by atoms with E-state index in [4.69, 9.17) is 4.74 Å². The lowest BCUT2D eigenvalue weighted by Crippen LogP contribution is -2.33. The molecule has 2 heteroatoms. The van der Waals surface area contributed by atoms with E-state index in [0.717, 1.165) is 24.3 Å².